The maximum absolute atomic E-state index is 8.46. The molecule has 0 atom stereocenters. The van der Waals surface area contributed by atoms with Gasteiger partial charge in [0.05, 0.1) is 26.9 Å². The van der Waals surface area contributed by atoms with E-state index in [1.807, 2.05) is 12.1 Å². The van der Waals surface area contributed by atoms with Gasteiger partial charge in [-0.25, -0.2) is 0 Å². The Labute approximate surface area is 118 Å². The van der Waals surface area contributed by atoms with Crippen LogP contribution in [-0.4, -0.2) is 20.8 Å². The van der Waals surface area contributed by atoms with Gasteiger partial charge in [0, 0.05) is 12.3 Å². The van der Waals surface area contributed by atoms with Crippen molar-refractivity contribution < 1.29 is 14.2 Å². The first kappa shape index (κ1) is 15.5. The summed E-state index contributed by atoms with van der Waals surface area (Å²) in [6.45, 7) is 0.522. The number of hydrogen-bond donors (Lipinski definition) is 0. The predicted molar refractivity (Wildman–Crippen MR) is 74.1 cm³/mol. The number of alkyl halides is 1. The number of hydrogen-bond acceptors (Lipinski definition) is 4. The Morgan fingerprint density at radius 2 is 1.79 bits per heavy atom. The molecular formula is C14H18ClNO3. The fourth-order valence-electron chi connectivity index (χ4n) is 1.63. The van der Waals surface area contributed by atoms with Crippen LogP contribution < -0.4 is 14.2 Å². The van der Waals surface area contributed by atoms with E-state index in [2.05, 4.69) is 6.07 Å². The van der Waals surface area contributed by atoms with Gasteiger partial charge in [0.15, 0.2) is 11.5 Å². The highest BCUT2D eigenvalue weighted by Gasteiger charge is 2.13. The van der Waals surface area contributed by atoms with Gasteiger partial charge < -0.3 is 14.2 Å². The molecule has 1 rings (SSSR count). The minimum atomic E-state index is 0.384. The summed E-state index contributed by atoms with van der Waals surface area (Å²) in [6, 6.07) is 5.77. The highest BCUT2D eigenvalue weighted by Crippen LogP contribution is 2.39. The third-order valence-electron chi connectivity index (χ3n) is 2.60. The minimum Gasteiger partial charge on any atom is -0.493 e. The van der Waals surface area contributed by atoms with Crippen LogP contribution in [0.3, 0.4) is 0 Å². The molecule has 0 radical (unpaired) electrons. The lowest BCUT2D eigenvalue weighted by atomic mass is 10.2. The van der Waals surface area contributed by atoms with E-state index in [1.165, 1.54) is 0 Å². The van der Waals surface area contributed by atoms with E-state index in [-0.39, 0.29) is 0 Å². The van der Waals surface area contributed by atoms with Crippen molar-refractivity contribution in [1.29, 1.82) is 5.26 Å². The third-order valence-corrected chi connectivity index (χ3v) is 2.91. The summed E-state index contributed by atoms with van der Waals surface area (Å²) in [5, 5.41) is 8.46. The topological polar surface area (TPSA) is 51.5 Å². The number of nitriles is 1. The summed E-state index contributed by atoms with van der Waals surface area (Å²) in [4.78, 5) is 0. The van der Waals surface area contributed by atoms with E-state index in [0.29, 0.717) is 36.2 Å². The molecule has 0 saturated heterocycles. The van der Waals surface area contributed by atoms with Gasteiger partial charge in [0.2, 0.25) is 5.75 Å². The fraction of sp³-hybridized carbons (Fsp3) is 0.500. The molecule has 0 N–H and O–H groups in total. The normalized spacial score (nSPS) is 9.79. The van der Waals surface area contributed by atoms with E-state index in [9.17, 15) is 0 Å². The Morgan fingerprint density at radius 1 is 1.16 bits per heavy atom. The lowest BCUT2D eigenvalue weighted by Gasteiger charge is -2.15. The SMILES string of the molecule is COc1cc(CCl)cc(OC)c1OCCCCC#N. The molecule has 5 heteroatoms. The first-order valence-electron chi connectivity index (χ1n) is 6.07. The second-order valence-electron chi connectivity index (χ2n) is 3.93. The zero-order valence-corrected chi connectivity index (χ0v) is 12.0. The van der Waals surface area contributed by atoms with Crippen LogP contribution in [0.1, 0.15) is 24.8 Å². The Kier molecular flexibility index (Phi) is 6.91. The van der Waals surface area contributed by atoms with Crippen LogP contribution in [-0.2, 0) is 5.88 Å². The van der Waals surface area contributed by atoms with E-state index in [0.717, 1.165) is 18.4 Å². The second-order valence-corrected chi connectivity index (χ2v) is 4.19. The van der Waals surface area contributed by atoms with Crippen LogP contribution in [0, 0.1) is 11.3 Å². The molecule has 1 aromatic rings. The van der Waals surface area contributed by atoms with Gasteiger partial charge in [-0.15, -0.1) is 11.6 Å². The second kappa shape index (κ2) is 8.49. The average molecular weight is 284 g/mol. The van der Waals surface area contributed by atoms with Gasteiger partial charge in [0.1, 0.15) is 0 Å². The highest BCUT2D eigenvalue weighted by atomic mass is 35.5. The molecule has 0 heterocycles. The van der Waals surface area contributed by atoms with E-state index in [1.54, 1.807) is 14.2 Å². The standard InChI is InChI=1S/C14H18ClNO3/c1-17-12-8-11(10-15)9-13(18-2)14(12)19-7-5-3-4-6-16/h8-9H,3-5,7,10H2,1-2H3. The third kappa shape index (κ3) is 4.53. The van der Waals surface area contributed by atoms with Crippen molar-refractivity contribution in [3.05, 3.63) is 17.7 Å². The molecule has 0 aromatic heterocycles. The molecule has 0 bridgehead atoms. The molecule has 19 heavy (non-hydrogen) atoms. The molecule has 0 aliphatic heterocycles. The molecular weight excluding hydrogens is 266 g/mol. The van der Waals surface area contributed by atoms with Crippen molar-refractivity contribution in [2.75, 3.05) is 20.8 Å². The van der Waals surface area contributed by atoms with Gasteiger partial charge in [0.25, 0.3) is 0 Å². The molecule has 1 aromatic carbocycles. The van der Waals surface area contributed by atoms with Crippen molar-refractivity contribution in [3.8, 4) is 23.3 Å². The van der Waals surface area contributed by atoms with Gasteiger partial charge in [-0.2, -0.15) is 5.26 Å². The average Bonchev–Trinajstić information content (AvgIpc) is 2.46. The number of unbranched alkanes of at least 4 members (excludes halogenated alkanes) is 2. The lowest BCUT2D eigenvalue weighted by molar-refractivity contribution is 0.268. The number of halogens is 1. The molecule has 0 spiro atoms. The smallest absolute Gasteiger partial charge is 0.203 e. The van der Waals surface area contributed by atoms with Gasteiger partial charge in [-0.1, -0.05) is 0 Å². The summed E-state index contributed by atoms with van der Waals surface area (Å²) in [5.41, 5.74) is 0.909. The molecule has 0 fully saturated rings. The summed E-state index contributed by atoms with van der Waals surface area (Å²) in [6.07, 6.45) is 2.18. The zero-order valence-electron chi connectivity index (χ0n) is 11.2. The van der Waals surface area contributed by atoms with E-state index < -0.39 is 0 Å². The fourth-order valence-corrected chi connectivity index (χ4v) is 1.79. The minimum absolute atomic E-state index is 0.384. The Hall–Kier alpha value is -1.60. The number of ether oxygens (including phenoxy) is 3. The molecule has 0 amide bonds. The van der Waals surface area contributed by atoms with Crippen LogP contribution in [0.5, 0.6) is 17.2 Å². The van der Waals surface area contributed by atoms with Crippen LogP contribution in [0.4, 0.5) is 0 Å². The summed E-state index contributed by atoms with van der Waals surface area (Å²) in [5.74, 6) is 2.18. The summed E-state index contributed by atoms with van der Waals surface area (Å²) >= 11 is 5.82. The highest BCUT2D eigenvalue weighted by molar-refractivity contribution is 6.17. The molecule has 0 aliphatic carbocycles. The monoisotopic (exact) mass is 283 g/mol. The number of benzene rings is 1. The van der Waals surface area contributed by atoms with Crippen molar-refractivity contribution in [3.63, 3.8) is 0 Å². The molecule has 0 saturated carbocycles. The number of nitrogens with zero attached hydrogens (tertiary/aromatic N) is 1. The van der Waals surface area contributed by atoms with E-state index in [4.69, 9.17) is 31.1 Å². The van der Waals surface area contributed by atoms with Crippen LogP contribution in [0.25, 0.3) is 0 Å². The molecule has 4 nitrogen and oxygen atoms in total. The lowest BCUT2D eigenvalue weighted by Crippen LogP contribution is -2.02. The zero-order chi connectivity index (χ0) is 14.1. The Bertz CT molecular complexity index is 418. The van der Waals surface area contributed by atoms with Crippen LogP contribution >= 0.6 is 11.6 Å². The van der Waals surface area contributed by atoms with Gasteiger partial charge in [-0.3, -0.25) is 0 Å². The molecule has 104 valence electrons. The van der Waals surface area contributed by atoms with Gasteiger partial charge in [-0.05, 0) is 30.5 Å². The quantitative estimate of drug-likeness (QED) is 0.541. The largest absolute Gasteiger partial charge is 0.493 e. The first-order valence-corrected chi connectivity index (χ1v) is 6.60. The van der Waals surface area contributed by atoms with Gasteiger partial charge >= 0.3 is 0 Å². The van der Waals surface area contributed by atoms with Crippen molar-refractivity contribution in [1.82, 2.24) is 0 Å². The van der Waals surface area contributed by atoms with Crippen LogP contribution in [0.2, 0.25) is 0 Å². The van der Waals surface area contributed by atoms with Crippen molar-refractivity contribution in [2.45, 2.75) is 25.1 Å². The summed E-state index contributed by atoms with van der Waals surface area (Å²) < 4.78 is 16.3. The van der Waals surface area contributed by atoms with Crippen molar-refractivity contribution >= 4 is 11.6 Å². The molecule has 0 unspecified atom stereocenters. The number of methoxy groups -OCH3 is 2. The maximum Gasteiger partial charge on any atom is 0.203 e. The van der Waals surface area contributed by atoms with Crippen molar-refractivity contribution in [2.24, 2.45) is 0 Å². The van der Waals surface area contributed by atoms with E-state index >= 15 is 0 Å². The maximum atomic E-state index is 8.46. The molecule has 0 aliphatic rings. The Morgan fingerprint density at radius 3 is 2.26 bits per heavy atom. The predicted octanol–water partition coefficient (Wildman–Crippen LogP) is 3.52. The number of rotatable bonds is 8. The summed E-state index contributed by atoms with van der Waals surface area (Å²) in [7, 11) is 3.16. The first-order chi connectivity index (χ1) is 9.26. The van der Waals surface area contributed by atoms with Crippen LogP contribution in [0.15, 0.2) is 12.1 Å². The Balaban J connectivity index is 2.77.